The first-order valence-electron chi connectivity index (χ1n) is 6.32. The first kappa shape index (κ1) is 12.0. The van der Waals surface area contributed by atoms with Crippen LogP contribution in [0.5, 0.6) is 0 Å². The van der Waals surface area contributed by atoms with E-state index in [0.717, 1.165) is 25.0 Å². The number of aromatic nitrogens is 1. The fourth-order valence-corrected chi connectivity index (χ4v) is 3.78. The highest BCUT2D eigenvalue weighted by molar-refractivity contribution is 6.29. The maximum Gasteiger partial charge on any atom is 0.312 e. The van der Waals surface area contributed by atoms with Crippen LogP contribution in [0.15, 0.2) is 12.1 Å². The van der Waals surface area contributed by atoms with Crippen LogP contribution in [0, 0.1) is 12.3 Å². The molecule has 3 fully saturated rings. The van der Waals surface area contributed by atoms with Crippen LogP contribution in [-0.4, -0.2) is 17.6 Å². The lowest BCUT2D eigenvalue weighted by Gasteiger charge is -2.69. The van der Waals surface area contributed by atoms with Crippen molar-refractivity contribution in [2.75, 3.05) is 6.61 Å². The second kappa shape index (κ2) is 3.70. The normalized spacial score (nSPS) is 32.4. The molecule has 0 atom stereocenters. The molecule has 0 saturated heterocycles. The lowest BCUT2D eigenvalue weighted by molar-refractivity contribution is -0.200. The van der Waals surface area contributed by atoms with Gasteiger partial charge in [-0.15, -0.1) is 0 Å². The second-order valence-electron chi connectivity index (χ2n) is 5.63. The molecule has 0 aliphatic heterocycles. The highest BCUT2D eigenvalue weighted by Crippen LogP contribution is 2.74. The summed E-state index contributed by atoms with van der Waals surface area (Å²) < 4.78 is 5.14. The molecule has 3 aliphatic rings. The summed E-state index contributed by atoms with van der Waals surface area (Å²) in [6, 6.07) is 4.02. The fraction of sp³-hybridized carbons (Fsp3) is 0.571. The SMILES string of the molecule is CCOC(=O)C12CC(c3cc(C)nc(Cl)c3)(C1)C2. The summed E-state index contributed by atoms with van der Waals surface area (Å²) >= 11 is 6.00. The molecular weight excluding hydrogens is 250 g/mol. The Morgan fingerprint density at radius 3 is 2.67 bits per heavy atom. The smallest absolute Gasteiger partial charge is 0.312 e. The fourth-order valence-electron chi connectivity index (χ4n) is 3.53. The topological polar surface area (TPSA) is 39.2 Å². The van der Waals surface area contributed by atoms with Gasteiger partial charge in [0.1, 0.15) is 5.15 Å². The van der Waals surface area contributed by atoms with Crippen LogP contribution in [0.4, 0.5) is 0 Å². The Bertz CT molecular complexity index is 487. The third kappa shape index (κ3) is 1.50. The zero-order valence-corrected chi connectivity index (χ0v) is 11.4. The van der Waals surface area contributed by atoms with E-state index in [2.05, 4.69) is 11.1 Å². The van der Waals surface area contributed by atoms with Crippen molar-refractivity contribution in [1.29, 1.82) is 0 Å². The molecule has 0 N–H and O–H groups in total. The maximum absolute atomic E-state index is 11.8. The summed E-state index contributed by atoms with van der Waals surface area (Å²) in [6.07, 6.45) is 2.70. The molecule has 0 aromatic carbocycles. The summed E-state index contributed by atoms with van der Waals surface area (Å²) in [5.41, 5.74) is 2.13. The van der Waals surface area contributed by atoms with Crippen molar-refractivity contribution >= 4 is 17.6 Å². The van der Waals surface area contributed by atoms with E-state index in [1.807, 2.05) is 19.9 Å². The van der Waals surface area contributed by atoms with Crippen molar-refractivity contribution in [3.05, 3.63) is 28.5 Å². The van der Waals surface area contributed by atoms with Crippen LogP contribution in [0.25, 0.3) is 0 Å². The Morgan fingerprint density at radius 1 is 1.44 bits per heavy atom. The van der Waals surface area contributed by atoms with Gasteiger partial charge in [0.15, 0.2) is 0 Å². The zero-order chi connectivity index (χ0) is 13.0. The molecule has 3 aliphatic carbocycles. The maximum atomic E-state index is 11.8. The number of hydrogen-bond acceptors (Lipinski definition) is 3. The zero-order valence-electron chi connectivity index (χ0n) is 10.6. The molecule has 3 nitrogen and oxygen atoms in total. The van der Waals surface area contributed by atoms with Gasteiger partial charge < -0.3 is 4.74 Å². The third-order valence-corrected chi connectivity index (χ3v) is 4.47. The molecular formula is C14H16ClNO2. The molecule has 96 valence electrons. The van der Waals surface area contributed by atoms with Gasteiger partial charge in [-0.1, -0.05) is 11.6 Å². The number of halogens is 1. The van der Waals surface area contributed by atoms with E-state index in [0.29, 0.717) is 11.8 Å². The molecule has 0 radical (unpaired) electrons. The van der Waals surface area contributed by atoms with Gasteiger partial charge in [-0.05, 0) is 56.2 Å². The summed E-state index contributed by atoms with van der Waals surface area (Å²) in [5, 5.41) is 0.542. The summed E-state index contributed by atoms with van der Waals surface area (Å²) in [6.45, 7) is 4.26. The van der Waals surface area contributed by atoms with E-state index in [1.165, 1.54) is 5.56 Å². The first-order valence-corrected chi connectivity index (χ1v) is 6.69. The molecule has 2 bridgehead atoms. The summed E-state index contributed by atoms with van der Waals surface area (Å²) in [7, 11) is 0. The second-order valence-corrected chi connectivity index (χ2v) is 6.02. The molecule has 0 unspecified atom stereocenters. The quantitative estimate of drug-likeness (QED) is 0.623. The molecule has 1 aromatic heterocycles. The average Bonchev–Trinajstić information content (AvgIpc) is 2.11. The van der Waals surface area contributed by atoms with Crippen molar-refractivity contribution in [3.8, 4) is 0 Å². The minimum absolute atomic E-state index is 0.0243. The number of hydrogen-bond donors (Lipinski definition) is 0. The molecule has 1 aromatic rings. The number of pyridine rings is 1. The van der Waals surface area contributed by atoms with Crippen molar-refractivity contribution in [3.63, 3.8) is 0 Å². The van der Waals surface area contributed by atoms with Gasteiger partial charge in [0, 0.05) is 5.69 Å². The number of nitrogens with zero attached hydrogens (tertiary/aromatic N) is 1. The van der Waals surface area contributed by atoms with Crippen molar-refractivity contribution in [1.82, 2.24) is 4.98 Å². The molecule has 0 amide bonds. The molecule has 0 spiro atoms. The van der Waals surface area contributed by atoms with Gasteiger partial charge in [0.2, 0.25) is 0 Å². The average molecular weight is 266 g/mol. The first-order chi connectivity index (χ1) is 8.50. The van der Waals surface area contributed by atoms with E-state index in [4.69, 9.17) is 16.3 Å². The van der Waals surface area contributed by atoms with Gasteiger partial charge in [0.05, 0.1) is 12.0 Å². The van der Waals surface area contributed by atoms with Crippen LogP contribution in [0.3, 0.4) is 0 Å². The monoisotopic (exact) mass is 265 g/mol. The standard InChI is InChI=1S/C14H16ClNO2/c1-3-18-12(17)14-6-13(7-14,8-14)10-4-9(2)16-11(15)5-10/h4-5H,3,6-8H2,1-2H3. The lowest BCUT2D eigenvalue weighted by Crippen LogP contribution is -2.68. The molecule has 18 heavy (non-hydrogen) atoms. The van der Waals surface area contributed by atoms with Gasteiger partial charge in [0.25, 0.3) is 0 Å². The minimum atomic E-state index is -0.195. The Hall–Kier alpha value is -1.09. The van der Waals surface area contributed by atoms with Gasteiger partial charge >= 0.3 is 5.97 Å². The predicted molar refractivity (Wildman–Crippen MR) is 68.6 cm³/mol. The predicted octanol–water partition coefficient (Wildman–Crippen LogP) is 3.03. The summed E-state index contributed by atoms with van der Waals surface area (Å²) in [5.74, 6) is -0.0243. The van der Waals surface area contributed by atoms with E-state index < -0.39 is 0 Å². The van der Waals surface area contributed by atoms with Crippen LogP contribution in [0.1, 0.15) is 37.4 Å². The Kier molecular flexibility index (Phi) is 2.46. The van der Waals surface area contributed by atoms with E-state index >= 15 is 0 Å². The van der Waals surface area contributed by atoms with Crippen molar-refractivity contribution in [2.24, 2.45) is 5.41 Å². The van der Waals surface area contributed by atoms with Crippen LogP contribution in [0.2, 0.25) is 5.15 Å². The molecule has 3 saturated carbocycles. The number of carbonyl (C=O) groups excluding carboxylic acids is 1. The minimum Gasteiger partial charge on any atom is -0.466 e. The van der Waals surface area contributed by atoms with E-state index in [-0.39, 0.29) is 16.8 Å². The molecule has 1 heterocycles. The van der Waals surface area contributed by atoms with Crippen LogP contribution >= 0.6 is 11.6 Å². The van der Waals surface area contributed by atoms with Crippen molar-refractivity contribution < 1.29 is 9.53 Å². The number of carbonyl (C=O) groups is 1. The number of esters is 1. The summed E-state index contributed by atoms with van der Waals surface area (Å²) in [4.78, 5) is 16.0. The van der Waals surface area contributed by atoms with Gasteiger partial charge in [-0.25, -0.2) is 4.98 Å². The highest BCUT2D eigenvalue weighted by Gasteiger charge is 2.72. The molecule has 4 rings (SSSR count). The highest BCUT2D eigenvalue weighted by atomic mass is 35.5. The number of aryl methyl sites for hydroxylation is 1. The van der Waals surface area contributed by atoms with E-state index in [1.54, 1.807) is 0 Å². The Labute approximate surface area is 112 Å². The number of rotatable bonds is 3. The van der Waals surface area contributed by atoms with Crippen molar-refractivity contribution in [2.45, 2.75) is 38.5 Å². The van der Waals surface area contributed by atoms with Crippen LogP contribution < -0.4 is 0 Å². The van der Waals surface area contributed by atoms with E-state index in [9.17, 15) is 4.79 Å². The Balaban J connectivity index is 1.78. The van der Waals surface area contributed by atoms with Gasteiger partial charge in [-0.3, -0.25) is 4.79 Å². The van der Waals surface area contributed by atoms with Crippen LogP contribution in [-0.2, 0) is 14.9 Å². The lowest BCUT2D eigenvalue weighted by atomic mass is 9.33. The Morgan fingerprint density at radius 2 is 2.11 bits per heavy atom. The largest absolute Gasteiger partial charge is 0.466 e. The van der Waals surface area contributed by atoms with Gasteiger partial charge in [-0.2, -0.15) is 0 Å². The third-order valence-electron chi connectivity index (χ3n) is 4.27. The molecule has 4 heteroatoms. The number of ether oxygens (including phenoxy) is 1.